The van der Waals surface area contributed by atoms with E-state index in [9.17, 15) is 24.5 Å². The molecule has 142 valence electrons. The smallest absolute Gasteiger partial charge is 0.277 e. The lowest BCUT2D eigenvalue weighted by Gasteiger charge is -2.15. The van der Waals surface area contributed by atoms with Gasteiger partial charge in [0.1, 0.15) is 5.70 Å². The standard InChI is InChI=1S/C19H15N3O6/c23-9-8-21-17(24)11-16(19(21)26)20-15-7-6-13(22(27)28)10-14(15)18(25)12-4-2-1-3-5-12/h1-7,10-11,20,23H,8-9H2. The summed E-state index contributed by atoms with van der Waals surface area (Å²) in [5.41, 5.74) is 0.0829. The van der Waals surface area contributed by atoms with Crippen LogP contribution in [0.4, 0.5) is 11.4 Å². The van der Waals surface area contributed by atoms with Gasteiger partial charge in [0.2, 0.25) is 0 Å². The average molecular weight is 381 g/mol. The summed E-state index contributed by atoms with van der Waals surface area (Å²) in [4.78, 5) is 48.4. The molecule has 3 rings (SSSR count). The maximum Gasteiger partial charge on any atom is 0.277 e. The molecule has 0 unspecified atom stereocenters. The Morgan fingerprint density at radius 3 is 2.50 bits per heavy atom. The van der Waals surface area contributed by atoms with Crippen molar-refractivity contribution in [3.05, 3.63) is 81.5 Å². The minimum Gasteiger partial charge on any atom is -0.395 e. The Balaban J connectivity index is 1.98. The van der Waals surface area contributed by atoms with Crippen LogP contribution in [0.2, 0.25) is 0 Å². The number of carbonyl (C=O) groups is 3. The number of benzene rings is 2. The molecule has 2 aromatic rings. The first-order valence-corrected chi connectivity index (χ1v) is 8.26. The molecule has 0 atom stereocenters. The number of β-amino-alcohol motifs (C(OH)–C–C–N with tert-alkyl or cyclic N) is 1. The van der Waals surface area contributed by atoms with Crippen LogP contribution >= 0.6 is 0 Å². The molecule has 2 aromatic carbocycles. The average Bonchev–Trinajstić information content (AvgIpc) is 2.96. The number of non-ortho nitro benzene ring substituents is 1. The summed E-state index contributed by atoms with van der Waals surface area (Å²) < 4.78 is 0. The predicted octanol–water partition coefficient (Wildman–Crippen LogP) is 1.48. The number of ketones is 1. The fraction of sp³-hybridized carbons (Fsp3) is 0.105. The number of aliphatic hydroxyl groups excluding tert-OH is 1. The first kappa shape index (κ1) is 18.9. The number of amides is 2. The highest BCUT2D eigenvalue weighted by atomic mass is 16.6. The maximum atomic E-state index is 12.9. The van der Waals surface area contributed by atoms with Crippen molar-refractivity contribution < 1.29 is 24.4 Å². The van der Waals surface area contributed by atoms with E-state index in [1.807, 2.05) is 0 Å². The second-order valence-electron chi connectivity index (χ2n) is 5.88. The molecule has 0 aromatic heterocycles. The van der Waals surface area contributed by atoms with E-state index in [2.05, 4.69) is 5.32 Å². The molecule has 2 N–H and O–H groups in total. The van der Waals surface area contributed by atoms with Crippen molar-refractivity contribution >= 4 is 29.0 Å². The molecular formula is C19H15N3O6. The van der Waals surface area contributed by atoms with Crippen molar-refractivity contribution in [1.29, 1.82) is 0 Å². The zero-order chi connectivity index (χ0) is 20.3. The number of aliphatic hydroxyl groups is 1. The third kappa shape index (κ3) is 3.64. The quantitative estimate of drug-likeness (QED) is 0.321. The van der Waals surface area contributed by atoms with Gasteiger partial charge >= 0.3 is 0 Å². The summed E-state index contributed by atoms with van der Waals surface area (Å²) in [7, 11) is 0. The second-order valence-corrected chi connectivity index (χ2v) is 5.88. The summed E-state index contributed by atoms with van der Waals surface area (Å²) in [5.74, 6) is -1.73. The molecule has 0 spiro atoms. The first-order chi connectivity index (χ1) is 13.4. The van der Waals surface area contributed by atoms with Gasteiger partial charge in [-0.2, -0.15) is 0 Å². The van der Waals surface area contributed by atoms with Crippen LogP contribution in [0.5, 0.6) is 0 Å². The Hall–Kier alpha value is -3.85. The molecule has 28 heavy (non-hydrogen) atoms. The van der Waals surface area contributed by atoms with Crippen molar-refractivity contribution in [2.75, 3.05) is 18.5 Å². The van der Waals surface area contributed by atoms with Gasteiger partial charge in [0.15, 0.2) is 5.78 Å². The number of hydrogen-bond acceptors (Lipinski definition) is 7. The van der Waals surface area contributed by atoms with Crippen LogP contribution in [0.15, 0.2) is 60.3 Å². The van der Waals surface area contributed by atoms with Gasteiger partial charge in [0.05, 0.1) is 29.3 Å². The third-order valence-corrected chi connectivity index (χ3v) is 4.10. The molecule has 1 aliphatic heterocycles. The second kappa shape index (κ2) is 7.80. The maximum absolute atomic E-state index is 12.9. The molecule has 0 aliphatic carbocycles. The monoisotopic (exact) mass is 381 g/mol. The fourth-order valence-corrected chi connectivity index (χ4v) is 2.74. The Kier molecular flexibility index (Phi) is 5.28. The summed E-state index contributed by atoms with van der Waals surface area (Å²) in [5, 5.41) is 22.8. The largest absolute Gasteiger partial charge is 0.395 e. The number of nitrogens with one attached hydrogen (secondary N) is 1. The third-order valence-electron chi connectivity index (χ3n) is 4.10. The van der Waals surface area contributed by atoms with Crippen LogP contribution in [0.25, 0.3) is 0 Å². The van der Waals surface area contributed by atoms with Crippen LogP contribution in [-0.4, -0.2) is 45.7 Å². The first-order valence-electron chi connectivity index (χ1n) is 8.26. The van der Waals surface area contributed by atoms with Crippen molar-refractivity contribution in [1.82, 2.24) is 4.90 Å². The van der Waals surface area contributed by atoms with Crippen molar-refractivity contribution in [2.45, 2.75) is 0 Å². The molecule has 9 nitrogen and oxygen atoms in total. The SMILES string of the molecule is O=C(c1ccccc1)c1cc([N+](=O)[O-])ccc1NC1=CC(=O)N(CCO)C1=O. The predicted molar refractivity (Wildman–Crippen MR) is 98.5 cm³/mol. The summed E-state index contributed by atoms with van der Waals surface area (Å²) in [6.07, 6.45) is 1.05. The van der Waals surface area contributed by atoms with Crippen molar-refractivity contribution in [3.63, 3.8) is 0 Å². The molecular weight excluding hydrogens is 366 g/mol. The van der Waals surface area contributed by atoms with E-state index < -0.39 is 22.5 Å². The van der Waals surface area contributed by atoms with Crippen molar-refractivity contribution in [3.8, 4) is 0 Å². The molecule has 1 aliphatic rings. The Bertz CT molecular complexity index is 1000. The highest BCUT2D eigenvalue weighted by Crippen LogP contribution is 2.27. The molecule has 9 heteroatoms. The zero-order valence-electron chi connectivity index (χ0n) is 14.5. The van der Waals surface area contributed by atoms with E-state index in [0.29, 0.717) is 5.56 Å². The van der Waals surface area contributed by atoms with Gasteiger partial charge in [-0.05, 0) is 6.07 Å². The van der Waals surface area contributed by atoms with E-state index in [4.69, 9.17) is 5.11 Å². The Labute approximate surface area is 159 Å². The summed E-state index contributed by atoms with van der Waals surface area (Å²) >= 11 is 0. The van der Waals surface area contributed by atoms with Crippen LogP contribution < -0.4 is 5.32 Å². The lowest BCUT2D eigenvalue weighted by molar-refractivity contribution is -0.384. The zero-order valence-corrected chi connectivity index (χ0v) is 14.5. The molecule has 0 fully saturated rings. The number of imide groups is 1. The number of anilines is 1. The van der Waals surface area contributed by atoms with Crippen LogP contribution in [0.3, 0.4) is 0 Å². The number of nitro groups is 1. The Morgan fingerprint density at radius 2 is 1.86 bits per heavy atom. The Morgan fingerprint density at radius 1 is 1.14 bits per heavy atom. The van der Waals surface area contributed by atoms with E-state index in [1.54, 1.807) is 30.3 Å². The fourth-order valence-electron chi connectivity index (χ4n) is 2.74. The van der Waals surface area contributed by atoms with Gasteiger partial charge in [-0.25, -0.2) is 0 Å². The van der Waals surface area contributed by atoms with Gasteiger partial charge in [-0.15, -0.1) is 0 Å². The molecule has 1 heterocycles. The van der Waals surface area contributed by atoms with Gasteiger partial charge in [0.25, 0.3) is 17.5 Å². The van der Waals surface area contributed by atoms with E-state index in [-0.39, 0.29) is 35.8 Å². The number of nitro benzene ring substituents is 1. The normalized spacial score (nSPS) is 13.5. The highest BCUT2D eigenvalue weighted by Gasteiger charge is 2.31. The number of carbonyl (C=O) groups excluding carboxylic acids is 3. The molecule has 0 saturated heterocycles. The van der Waals surface area contributed by atoms with Gasteiger partial charge in [-0.1, -0.05) is 30.3 Å². The molecule has 0 saturated carbocycles. The van der Waals surface area contributed by atoms with Crippen LogP contribution in [0, 0.1) is 10.1 Å². The van der Waals surface area contributed by atoms with Gasteiger partial charge in [-0.3, -0.25) is 29.4 Å². The molecule has 0 radical (unpaired) electrons. The van der Waals surface area contributed by atoms with Crippen LogP contribution in [0.1, 0.15) is 15.9 Å². The lowest BCUT2D eigenvalue weighted by Crippen LogP contribution is -2.34. The van der Waals surface area contributed by atoms with Crippen molar-refractivity contribution in [2.24, 2.45) is 0 Å². The lowest BCUT2D eigenvalue weighted by atomic mass is 10.0. The molecule has 2 amide bonds. The van der Waals surface area contributed by atoms with Gasteiger partial charge < -0.3 is 10.4 Å². The summed E-state index contributed by atoms with van der Waals surface area (Å²) in [6, 6.07) is 11.8. The number of rotatable bonds is 7. The van der Waals surface area contributed by atoms with E-state index in [1.165, 1.54) is 12.1 Å². The minimum atomic E-state index is -0.657. The van der Waals surface area contributed by atoms with E-state index in [0.717, 1.165) is 17.0 Å². The van der Waals surface area contributed by atoms with Gasteiger partial charge in [0, 0.05) is 23.8 Å². The van der Waals surface area contributed by atoms with Crippen LogP contribution in [-0.2, 0) is 9.59 Å². The number of nitrogens with zero attached hydrogens (tertiary/aromatic N) is 2. The topological polar surface area (TPSA) is 130 Å². The highest BCUT2D eigenvalue weighted by molar-refractivity contribution is 6.18. The minimum absolute atomic E-state index is 0.0119. The molecule has 0 bridgehead atoms. The summed E-state index contributed by atoms with van der Waals surface area (Å²) in [6.45, 7) is -0.538. The van der Waals surface area contributed by atoms with E-state index >= 15 is 0 Å². The number of hydrogen-bond donors (Lipinski definition) is 2.